The lowest BCUT2D eigenvalue weighted by atomic mass is 9.96. The minimum Gasteiger partial charge on any atom is -0.299 e. The highest BCUT2D eigenvalue weighted by atomic mass is 19.1. The van der Waals surface area contributed by atoms with Gasteiger partial charge in [0.1, 0.15) is 11.6 Å². The van der Waals surface area contributed by atoms with Crippen LogP contribution in [0.2, 0.25) is 0 Å². The lowest BCUT2D eigenvalue weighted by Gasteiger charge is -2.08. The van der Waals surface area contributed by atoms with Crippen LogP contribution in [0.1, 0.15) is 31.2 Å². The second-order valence-corrected chi connectivity index (χ2v) is 4.22. The van der Waals surface area contributed by atoms with E-state index in [0.717, 1.165) is 25.7 Å². The average molecular weight is 206 g/mol. The van der Waals surface area contributed by atoms with Crippen molar-refractivity contribution in [3.63, 3.8) is 0 Å². The summed E-state index contributed by atoms with van der Waals surface area (Å²) in [5.74, 6) is 0.131. The molecule has 1 aromatic carbocycles. The highest BCUT2D eigenvalue weighted by molar-refractivity contribution is 5.83. The highest BCUT2D eigenvalue weighted by Crippen LogP contribution is 2.26. The Morgan fingerprint density at radius 2 is 1.93 bits per heavy atom. The first kappa shape index (κ1) is 10.3. The van der Waals surface area contributed by atoms with Crippen molar-refractivity contribution < 1.29 is 9.18 Å². The topological polar surface area (TPSA) is 17.1 Å². The van der Waals surface area contributed by atoms with E-state index in [1.807, 2.05) is 0 Å². The molecule has 1 aromatic rings. The molecule has 1 fully saturated rings. The zero-order valence-corrected chi connectivity index (χ0v) is 8.71. The minimum absolute atomic E-state index is 0.185. The van der Waals surface area contributed by atoms with Crippen molar-refractivity contribution in [2.75, 3.05) is 0 Å². The summed E-state index contributed by atoms with van der Waals surface area (Å²) in [5, 5.41) is 0. The van der Waals surface area contributed by atoms with Crippen molar-refractivity contribution in [3.8, 4) is 0 Å². The Labute approximate surface area is 89.3 Å². The third-order valence-corrected chi connectivity index (χ3v) is 3.13. The van der Waals surface area contributed by atoms with Crippen LogP contribution in [0.25, 0.3) is 0 Å². The van der Waals surface area contributed by atoms with Gasteiger partial charge in [-0.1, -0.05) is 31.0 Å². The fraction of sp³-hybridized carbons (Fsp3) is 0.462. The molecule has 0 heterocycles. The van der Waals surface area contributed by atoms with E-state index in [2.05, 4.69) is 0 Å². The quantitative estimate of drug-likeness (QED) is 0.742. The number of hydrogen-bond acceptors (Lipinski definition) is 1. The Kier molecular flexibility index (Phi) is 3.14. The molecule has 0 bridgehead atoms. The smallest absolute Gasteiger partial charge is 0.140 e. The molecule has 0 radical (unpaired) electrons. The second kappa shape index (κ2) is 4.56. The van der Waals surface area contributed by atoms with Crippen molar-refractivity contribution in [1.82, 2.24) is 0 Å². The molecule has 1 aliphatic rings. The first-order valence-corrected chi connectivity index (χ1v) is 5.53. The normalized spacial score (nSPS) is 16.9. The van der Waals surface area contributed by atoms with Crippen LogP contribution >= 0.6 is 0 Å². The number of rotatable bonds is 3. The van der Waals surface area contributed by atoms with Crippen LogP contribution in [0.4, 0.5) is 4.39 Å². The summed E-state index contributed by atoms with van der Waals surface area (Å²) in [6, 6.07) is 6.54. The number of carbonyl (C=O) groups excluding carboxylic acids is 1. The lowest BCUT2D eigenvalue weighted by Crippen LogP contribution is -2.14. The van der Waals surface area contributed by atoms with Crippen LogP contribution in [0, 0.1) is 11.7 Å². The first-order chi connectivity index (χ1) is 7.27. The molecule has 2 rings (SSSR count). The number of ketones is 1. The van der Waals surface area contributed by atoms with Gasteiger partial charge in [0.15, 0.2) is 0 Å². The van der Waals surface area contributed by atoms with E-state index in [0.29, 0.717) is 5.56 Å². The van der Waals surface area contributed by atoms with Gasteiger partial charge in [0.2, 0.25) is 0 Å². The van der Waals surface area contributed by atoms with Gasteiger partial charge in [-0.15, -0.1) is 0 Å². The Morgan fingerprint density at radius 1 is 1.27 bits per heavy atom. The molecule has 0 saturated heterocycles. The largest absolute Gasteiger partial charge is 0.299 e. The van der Waals surface area contributed by atoms with Gasteiger partial charge < -0.3 is 0 Å². The van der Waals surface area contributed by atoms with E-state index in [4.69, 9.17) is 0 Å². The predicted octanol–water partition coefficient (Wildman–Crippen LogP) is 3.13. The molecule has 1 saturated carbocycles. The molecule has 80 valence electrons. The molecule has 1 nitrogen and oxygen atoms in total. The van der Waals surface area contributed by atoms with Crippen molar-refractivity contribution >= 4 is 5.78 Å². The van der Waals surface area contributed by atoms with E-state index in [1.165, 1.54) is 6.07 Å². The molecule has 2 heteroatoms. The summed E-state index contributed by atoms with van der Waals surface area (Å²) in [5.41, 5.74) is 0.536. The summed E-state index contributed by atoms with van der Waals surface area (Å²) in [6.07, 6.45) is 4.54. The Morgan fingerprint density at radius 3 is 2.60 bits per heavy atom. The van der Waals surface area contributed by atoms with Crippen LogP contribution in [0.5, 0.6) is 0 Å². The summed E-state index contributed by atoms with van der Waals surface area (Å²) in [6.45, 7) is 0. The van der Waals surface area contributed by atoms with Gasteiger partial charge in [-0.25, -0.2) is 4.39 Å². The van der Waals surface area contributed by atoms with Gasteiger partial charge in [0.05, 0.1) is 0 Å². The highest BCUT2D eigenvalue weighted by Gasteiger charge is 2.23. The summed E-state index contributed by atoms with van der Waals surface area (Å²) < 4.78 is 13.3. The van der Waals surface area contributed by atoms with Crippen molar-refractivity contribution in [3.05, 3.63) is 35.6 Å². The van der Waals surface area contributed by atoms with E-state index >= 15 is 0 Å². The summed E-state index contributed by atoms with van der Waals surface area (Å²) >= 11 is 0. The van der Waals surface area contributed by atoms with Crippen molar-refractivity contribution in [1.29, 1.82) is 0 Å². The SMILES string of the molecule is O=C(Cc1ccccc1F)C1CCCC1. The van der Waals surface area contributed by atoms with Crippen molar-refractivity contribution in [2.24, 2.45) is 5.92 Å². The number of benzene rings is 1. The monoisotopic (exact) mass is 206 g/mol. The fourth-order valence-electron chi connectivity index (χ4n) is 2.22. The molecular formula is C13H15FO. The van der Waals surface area contributed by atoms with Crippen LogP contribution in [-0.4, -0.2) is 5.78 Å². The average Bonchev–Trinajstić information content (AvgIpc) is 2.74. The van der Waals surface area contributed by atoms with Gasteiger partial charge in [-0.3, -0.25) is 4.79 Å². The van der Waals surface area contributed by atoms with Gasteiger partial charge in [-0.05, 0) is 24.5 Å². The lowest BCUT2D eigenvalue weighted by molar-refractivity contribution is -0.122. The maximum absolute atomic E-state index is 13.3. The van der Waals surface area contributed by atoms with Crippen LogP contribution in [0.3, 0.4) is 0 Å². The number of halogens is 1. The van der Waals surface area contributed by atoms with E-state index in [-0.39, 0.29) is 23.9 Å². The van der Waals surface area contributed by atoms with Gasteiger partial charge in [0.25, 0.3) is 0 Å². The maximum Gasteiger partial charge on any atom is 0.140 e. The molecule has 0 aromatic heterocycles. The van der Waals surface area contributed by atoms with Gasteiger partial charge in [-0.2, -0.15) is 0 Å². The van der Waals surface area contributed by atoms with Crippen LogP contribution in [0.15, 0.2) is 24.3 Å². The number of hydrogen-bond donors (Lipinski definition) is 0. The zero-order chi connectivity index (χ0) is 10.7. The third-order valence-electron chi connectivity index (χ3n) is 3.13. The second-order valence-electron chi connectivity index (χ2n) is 4.22. The van der Waals surface area contributed by atoms with Crippen molar-refractivity contribution in [2.45, 2.75) is 32.1 Å². The molecule has 0 N–H and O–H groups in total. The van der Waals surface area contributed by atoms with Crippen LogP contribution in [-0.2, 0) is 11.2 Å². The van der Waals surface area contributed by atoms with Crippen LogP contribution < -0.4 is 0 Å². The van der Waals surface area contributed by atoms with Gasteiger partial charge >= 0.3 is 0 Å². The maximum atomic E-state index is 13.3. The first-order valence-electron chi connectivity index (χ1n) is 5.53. The summed E-state index contributed by atoms with van der Waals surface area (Å²) in [7, 11) is 0. The Bertz CT molecular complexity index is 353. The Hall–Kier alpha value is -1.18. The summed E-state index contributed by atoms with van der Waals surface area (Å²) in [4.78, 5) is 11.8. The molecule has 15 heavy (non-hydrogen) atoms. The van der Waals surface area contributed by atoms with Gasteiger partial charge in [0, 0.05) is 12.3 Å². The number of carbonyl (C=O) groups is 1. The Balaban J connectivity index is 2.02. The molecular weight excluding hydrogens is 191 g/mol. The molecule has 1 aliphatic carbocycles. The fourth-order valence-corrected chi connectivity index (χ4v) is 2.22. The number of Topliss-reactive ketones (excluding diaryl/α,β-unsaturated/α-hetero) is 1. The van der Waals surface area contributed by atoms with E-state index in [1.54, 1.807) is 18.2 Å². The molecule has 0 atom stereocenters. The molecule has 0 spiro atoms. The molecule has 0 amide bonds. The molecule has 0 unspecified atom stereocenters. The molecule has 0 aliphatic heterocycles. The van der Waals surface area contributed by atoms with E-state index < -0.39 is 0 Å². The zero-order valence-electron chi connectivity index (χ0n) is 8.71. The predicted molar refractivity (Wildman–Crippen MR) is 57.1 cm³/mol. The third kappa shape index (κ3) is 2.44. The standard InChI is InChI=1S/C13H15FO/c14-12-8-4-3-7-11(12)9-13(15)10-5-1-2-6-10/h3-4,7-8,10H,1-2,5-6,9H2. The van der Waals surface area contributed by atoms with E-state index in [9.17, 15) is 9.18 Å². The minimum atomic E-state index is -0.260.